The van der Waals surface area contributed by atoms with Crippen LogP contribution < -0.4 is 4.90 Å². The number of nitrogens with zero attached hydrogens (tertiary/aromatic N) is 2. The Hall–Kier alpha value is -1.09. The molecule has 3 nitrogen and oxygen atoms in total. The largest absolute Gasteiger partial charge is 0.379 e. The Morgan fingerprint density at radius 3 is 2.83 bits per heavy atom. The van der Waals surface area contributed by atoms with Crippen molar-refractivity contribution < 1.29 is 4.74 Å². The van der Waals surface area contributed by atoms with E-state index in [9.17, 15) is 0 Å². The van der Waals surface area contributed by atoms with Gasteiger partial charge >= 0.3 is 0 Å². The third-order valence-corrected chi connectivity index (χ3v) is 3.63. The molecule has 2 heterocycles. The molecule has 0 saturated carbocycles. The number of anilines is 1. The van der Waals surface area contributed by atoms with Crippen LogP contribution in [0, 0.1) is 5.92 Å². The summed E-state index contributed by atoms with van der Waals surface area (Å²) < 4.78 is 5.42. The van der Waals surface area contributed by atoms with Crippen LogP contribution in [-0.2, 0) is 11.2 Å². The monoisotopic (exact) mass is 248 g/mol. The number of rotatable bonds is 5. The molecule has 1 aliphatic heterocycles. The summed E-state index contributed by atoms with van der Waals surface area (Å²) in [5.41, 5.74) is 1.34. The van der Waals surface area contributed by atoms with Gasteiger partial charge in [-0.25, -0.2) is 4.98 Å². The molecular formula is C15H24N2O. The van der Waals surface area contributed by atoms with Gasteiger partial charge in [0.1, 0.15) is 5.82 Å². The molecule has 0 aliphatic carbocycles. The Bertz CT molecular complexity index is 355. The fourth-order valence-electron chi connectivity index (χ4n) is 2.24. The minimum absolute atomic E-state index is 0.485. The predicted octanol–water partition coefficient (Wildman–Crippen LogP) is 2.90. The Morgan fingerprint density at radius 2 is 2.28 bits per heavy atom. The van der Waals surface area contributed by atoms with Gasteiger partial charge in [0.15, 0.2) is 0 Å². The number of pyridine rings is 1. The molecule has 0 N–H and O–H groups in total. The number of hydrogen-bond acceptors (Lipinski definition) is 3. The topological polar surface area (TPSA) is 25.4 Å². The molecule has 0 aromatic carbocycles. The van der Waals surface area contributed by atoms with E-state index in [1.165, 1.54) is 12.0 Å². The normalized spacial score (nSPS) is 19.4. The lowest BCUT2D eigenvalue weighted by atomic mass is 10.0. The highest BCUT2D eigenvalue weighted by Crippen LogP contribution is 2.18. The van der Waals surface area contributed by atoms with E-state index in [-0.39, 0.29) is 0 Å². The van der Waals surface area contributed by atoms with Crippen molar-refractivity contribution in [2.24, 2.45) is 5.92 Å². The average molecular weight is 248 g/mol. The first-order chi connectivity index (χ1) is 8.66. The zero-order valence-electron chi connectivity index (χ0n) is 11.7. The highest BCUT2D eigenvalue weighted by atomic mass is 16.5. The van der Waals surface area contributed by atoms with Gasteiger partial charge in [-0.3, -0.25) is 0 Å². The van der Waals surface area contributed by atoms with Gasteiger partial charge in [0.2, 0.25) is 0 Å². The smallest absolute Gasteiger partial charge is 0.128 e. The van der Waals surface area contributed by atoms with Crippen LogP contribution in [0.5, 0.6) is 0 Å². The van der Waals surface area contributed by atoms with Gasteiger partial charge < -0.3 is 9.64 Å². The van der Waals surface area contributed by atoms with Crippen LogP contribution in [-0.4, -0.2) is 31.3 Å². The molecule has 1 fully saturated rings. The van der Waals surface area contributed by atoms with Crippen LogP contribution in [0.4, 0.5) is 5.82 Å². The molecule has 100 valence electrons. The summed E-state index contributed by atoms with van der Waals surface area (Å²) in [6.45, 7) is 6.22. The molecule has 3 heteroatoms. The number of aromatic nitrogens is 1. The van der Waals surface area contributed by atoms with E-state index in [4.69, 9.17) is 4.74 Å². The van der Waals surface area contributed by atoms with Gasteiger partial charge in [-0.2, -0.15) is 0 Å². The van der Waals surface area contributed by atoms with Crippen LogP contribution in [0.2, 0.25) is 0 Å². The summed E-state index contributed by atoms with van der Waals surface area (Å²) in [6, 6.07) is 4.82. The molecule has 1 unspecified atom stereocenters. The van der Waals surface area contributed by atoms with Crippen LogP contribution in [0.3, 0.4) is 0 Å². The third kappa shape index (κ3) is 3.45. The Labute approximate surface area is 110 Å². The molecule has 1 aliphatic rings. The quantitative estimate of drug-likeness (QED) is 0.801. The zero-order valence-corrected chi connectivity index (χ0v) is 11.7. The number of hydrogen-bond donors (Lipinski definition) is 0. The van der Waals surface area contributed by atoms with E-state index < -0.39 is 0 Å². The number of ether oxygens (including phenoxy) is 1. The first-order valence-corrected chi connectivity index (χ1v) is 6.92. The van der Waals surface area contributed by atoms with Gasteiger partial charge in [0.25, 0.3) is 0 Å². The van der Waals surface area contributed by atoms with Crippen molar-refractivity contribution in [3.8, 4) is 0 Å². The summed E-state index contributed by atoms with van der Waals surface area (Å²) in [6.07, 6.45) is 5.48. The maximum absolute atomic E-state index is 5.42. The number of likely N-dealkylation sites (N-methyl/N-ethyl adjacent to an activating group) is 1. The minimum atomic E-state index is 0.485. The van der Waals surface area contributed by atoms with E-state index in [0.717, 1.165) is 37.8 Å². The summed E-state index contributed by atoms with van der Waals surface area (Å²) in [5, 5.41) is 0. The van der Waals surface area contributed by atoms with Gasteiger partial charge in [-0.05, 0) is 36.8 Å². The predicted molar refractivity (Wildman–Crippen MR) is 75.0 cm³/mol. The summed E-state index contributed by atoms with van der Waals surface area (Å²) in [7, 11) is 2.11. The highest BCUT2D eigenvalue weighted by Gasteiger charge is 2.21. The van der Waals surface area contributed by atoms with Crippen LogP contribution in [0.1, 0.15) is 32.3 Å². The van der Waals surface area contributed by atoms with Crippen molar-refractivity contribution >= 4 is 5.82 Å². The van der Waals surface area contributed by atoms with Crippen molar-refractivity contribution in [3.63, 3.8) is 0 Å². The lowest BCUT2D eigenvalue weighted by molar-refractivity contribution is 0.193. The molecule has 0 spiro atoms. The van der Waals surface area contributed by atoms with E-state index in [2.05, 4.69) is 42.9 Å². The second kappa shape index (κ2) is 6.19. The molecule has 0 amide bonds. The van der Waals surface area contributed by atoms with Crippen molar-refractivity contribution in [3.05, 3.63) is 23.9 Å². The highest BCUT2D eigenvalue weighted by molar-refractivity contribution is 5.39. The molecule has 1 aromatic rings. The molecule has 0 radical (unpaired) electrons. The first kappa shape index (κ1) is 13.3. The second-order valence-electron chi connectivity index (χ2n) is 5.59. The molecular weight excluding hydrogens is 224 g/mol. The minimum Gasteiger partial charge on any atom is -0.379 e. The summed E-state index contributed by atoms with van der Waals surface area (Å²) in [5.74, 6) is 1.81. The molecule has 1 saturated heterocycles. The second-order valence-corrected chi connectivity index (χ2v) is 5.59. The SMILES string of the molecule is CC(C)CCc1ccc(N(C)C2CCOC2)nc1. The van der Waals surface area contributed by atoms with Crippen molar-refractivity contribution in [1.82, 2.24) is 4.98 Å². The van der Waals surface area contributed by atoms with Crippen molar-refractivity contribution in [1.29, 1.82) is 0 Å². The van der Waals surface area contributed by atoms with E-state index >= 15 is 0 Å². The van der Waals surface area contributed by atoms with Gasteiger partial charge in [0.05, 0.1) is 12.6 Å². The van der Waals surface area contributed by atoms with Gasteiger partial charge in [-0.1, -0.05) is 19.9 Å². The fraction of sp³-hybridized carbons (Fsp3) is 0.667. The molecule has 0 bridgehead atoms. The Kier molecular flexibility index (Phi) is 4.59. The van der Waals surface area contributed by atoms with Gasteiger partial charge in [0, 0.05) is 19.9 Å². The van der Waals surface area contributed by atoms with Crippen molar-refractivity contribution in [2.75, 3.05) is 25.2 Å². The third-order valence-electron chi connectivity index (χ3n) is 3.63. The van der Waals surface area contributed by atoms with E-state index in [0.29, 0.717) is 6.04 Å². The molecule has 1 atom stereocenters. The number of aryl methyl sites for hydroxylation is 1. The van der Waals surface area contributed by atoms with Crippen LogP contribution >= 0.6 is 0 Å². The first-order valence-electron chi connectivity index (χ1n) is 6.92. The Balaban J connectivity index is 1.93. The van der Waals surface area contributed by atoms with Crippen LogP contribution in [0.15, 0.2) is 18.3 Å². The maximum Gasteiger partial charge on any atom is 0.128 e. The lowest BCUT2D eigenvalue weighted by Gasteiger charge is -2.24. The van der Waals surface area contributed by atoms with Crippen molar-refractivity contribution in [2.45, 2.75) is 39.2 Å². The summed E-state index contributed by atoms with van der Waals surface area (Å²) in [4.78, 5) is 6.81. The fourth-order valence-corrected chi connectivity index (χ4v) is 2.24. The average Bonchev–Trinajstić information content (AvgIpc) is 2.90. The van der Waals surface area contributed by atoms with E-state index in [1.54, 1.807) is 0 Å². The van der Waals surface area contributed by atoms with E-state index in [1.807, 2.05) is 6.20 Å². The lowest BCUT2D eigenvalue weighted by Crippen LogP contribution is -2.32. The van der Waals surface area contributed by atoms with Crippen LogP contribution in [0.25, 0.3) is 0 Å². The zero-order chi connectivity index (χ0) is 13.0. The molecule has 18 heavy (non-hydrogen) atoms. The molecule has 2 rings (SSSR count). The standard InChI is InChI=1S/C15H24N2O/c1-12(2)4-5-13-6-7-15(16-10-13)17(3)14-8-9-18-11-14/h6-7,10,12,14H,4-5,8-9,11H2,1-3H3. The summed E-state index contributed by atoms with van der Waals surface area (Å²) >= 11 is 0. The maximum atomic E-state index is 5.42. The Morgan fingerprint density at radius 1 is 1.44 bits per heavy atom. The van der Waals surface area contributed by atoms with Gasteiger partial charge in [-0.15, -0.1) is 0 Å². The molecule has 1 aromatic heterocycles.